The van der Waals surface area contributed by atoms with Gasteiger partial charge in [0.2, 0.25) is 0 Å². The molecule has 2 N–H and O–H groups in total. The largest absolute Gasteiger partial charge is 0.399 e. The fourth-order valence-electron chi connectivity index (χ4n) is 1.25. The van der Waals surface area contributed by atoms with Crippen LogP contribution in [0.25, 0.3) is 0 Å². The van der Waals surface area contributed by atoms with Gasteiger partial charge in [0.05, 0.1) is 0 Å². The van der Waals surface area contributed by atoms with Crippen molar-refractivity contribution in [3.8, 4) is 0 Å². The van der Waals surface area contributed by atoms with Crippen molar-refractivity contribution in [2.24, 2.45) is 0 Å². The Morgan fingerprint density at radius 2 is 1.86 bits per heavy atom. The van der Waals surface area contributed by atoms with Crippen LogP contribution < -0.4 is 5.73 Å². The molecule has 0 amide bonds. The standard InChI is InChI=1S/C11H17NOS/c1-2-8-14(13)9-7-10-3-5-11(12)6-4-10/h3-6H,2,7-9,12H2,1H3. The molecule has 14 heavy (non-hydrogen) atoms. The van der Waals surface area contributed by atoms with E-state index >= 15 is 0 Å². The Labute approximate surface area is 88.0 Å². The molecule has 0 bridgehead atoms. The summed E-state index contributed by atoms with van der Waals surface area (Å²) < 4.78 is 11.4. The van der Waals surface area contributed by atoms with Crippen LogP contribution in [-0.4, -0.2) is 15.7 Å². The van der Waals surface area contributed by atoms with Crippen molar-refractivity contribution >= 4 is 16.5 Å². The summed E-state index contributed by atoms with van der Waals surface area (Å²) >= 11 is 0. The zero-order chi connectivity index (χ0) is 10.4. The zero-order valence-electron chi connectivity index (χ0n) is 8.53. The van der Waals surface area contributed by atoms with Gasteiger partial charge >= 0.3 is 0 Å². The summed E-state index contributed by atoms with van der Waals surface area (Å²) in [5.74, 6) is 1.58. The Hall–Kier alpha value is -0.830. The summed E-state index contributed by atoms with van der Waals surface area (Å²) in [6.45, 7) is 2.06. The van der Waals surface area contributed by atoms with Crippen molar-refractivity contribution in [1.29, 1.82) is 0 Å². The van der Waals surface area contributed by atoms with Crippen LogP contribution in [0.5, 0.6) is 0 Å². The maximum Gasteiger partial charge on any atom is 0.0314 e. The lowest BCUT2D eigenvalue weighted by molar-refractivity contribution is 0.681. The quantitative estimate of drug-likeness (QED) is 0.757. The molecular weight excluding hydrogens is 194 g/mol. The van der Waals surface area contributed by atoms with Gasteiger partial charge in [-0.2, -0.15) is 0 Å². The predicted molar refractivity (Wildman–Crippen MR) is 62.7 cm³/mol. The lowest BCUT2D eigenvalue weighted by atomic mass is 10.2. The molecule has 0 aliphatic carbocycles. The molecule has 0 aliphatic heterocycles. The number of nitrogens with two attached hydrogens (primary N) is 1. The maximum atomic E-state index is 11.4. The minimum absolute atomic E-state index is 0.657. The van der Waals surface area contributed by atoms with Gasteiger partial charge in [-0.05, 0) is 30.5 Å². The highest BCUT2D eigenvalue weighted by Crippen LogP contribution is 2.06. The summed E-state index contributed by atoms with van der Waals surface area (Å²) in [6.07, 6.45) is 1.88. The fraction of sp³-hybridized carbons (Fsp3) is 0.455. The van der Waals surface area contributed by atoms with E-state index < -0.39 is 10.8 Å². The molecule has 0 spiro atoms. The third-order valence-electron chi connectivity index (χ3n) is 2.03. The molecule has 0 fully saturated rings. The lowest BCUT2D eigenvalue weighted by Crippen LogP contribution is -2.04. The maximum absolute atomic E-state index is 11.4. The first-order chi connectivity index (χ1) is 6.72. The number of aryl methyl sites for hydroxylation is 1. The molecule has 1 aromatic carbocycles. The van der Waals surface area contributed by atoms with Crippen LogP contribution in [0.4, 0.5) is 5.69 Å². The van der Waals surface area contributed by atoms with Crippen LogP contribution >= 0.6 is 0 Å². The van der Waals surface area contributed by atoms with Gasteiger partial charge < -0.3 is 5.73 Å². The van der Waals surface area contributed by atoms with Gasteiger partial charge in [0, 0.05) is 28.0 Å². The van der Waals surface area contributed by atoms with E-state index in [-0.39, 0.29) is 0 Å². The average Bonchev–Trinajstić information content (AvgIpc) is 2.17. The molecule has 0 saturated heterocycles. The summed E-state index contributed by atoms with van der Waals surface area (Å²) in [6, 6.07) is 7.77. The number of hydrogen-bond donors (Lipinski definition) is 1. The molecule has 0 aromatic heterocycles. The third kappa shape index (κ3) is 3.92. The number of rotatable bonds is 5. The van der Waals surface area contributed by atoms with Crippen molar-refractivity contribution in [3.05, 3.63) is 29.8 Å². The van der Waals surface area contributed by atoms with Crippen LogP contribution in [-0.2, 0) is 17.2 Å². The number of benzene rings is 1. The Balaban J connectivity index is 2.38. The van der Waals surface area contributed by atoms with E-state index in [1.165, 1.54) is 5.56 Å². The molecule has 0 heterocycles. The minimum atomic E-state index is -0.657. The molecular formula is C11H17NOS. The first-order valence-electron chi connectivity index (χ1n) is 4.91. The van der Waals surface area contributed by atoms with Crippen molar-refractivity contribution in [1.82, 2.24) is 0 Å². The predicted octanol–water partition coefficient (Wildman–Crippen LogP) is 1.97. The second-order valence-electron chi connectivity index (χ2n) is 3.34. The van der Waals surface area contributed by atoms with Gasteiger partial charge in [0.25, 0.3) is 0 Å². The smallest absolute Gasteiger partial charge is 0.0314 e. The Bertz CT molecular complexity index is 295. The fourth-order valence-corrected chi connectivity index (χ4v) is 2.37. The lowest BCUT2D eigenvalue weighted by Gasteiger charge is -2.01. The highest BCUT2D eigenvalue weighted by atomic mass is 32.2. The second-order valence-corrected chi connectivity index (χ2v) is 5.04. The molecule has 0 radical (unpaired) electrons. The molecule has 0 aliphatic rings. The molecule has 78 valence electrons. The second kappa shape index (κ2) is 5.81. The van der Waals surface area contributed by atoms with E-state index in [1.54, 1.807) is 0 Å². The van der Waals surface area contributed by atoms with Gasteiger partial charge in [-0.15, -0.1) is 0 Å². The van der Waals surface area contributed by atoms with Gasteiger partial charge in [-0.3, -0.25) is 4.21 Å². The summed E-state index contributed by atoms with van der Waals surface area (Å²) in [5.41, 5.74) is 7.56. The highest BCUT2D eigenvalue weighted by Gasteiger charge is 1.99. The van der Waals surface area contributed by atoms with Crippen molar-refractivity contribution in [2.45, 2.75) is 19.8 Å². The van der Waals surface area contributed by atoms with Gasteiger partial charge in [0.15, 0.2) is 0 Å². The average molecular weight is 211 g/mol. The first-order valence-corrected chi connectivity index (χ1v) is 6.40. The normalized spacial score (nSPS) is 12.6. The first kappa shape index (κ1) is 11.2. The molecule has 1 rings (SSSR count). The zero-order valence-corrected chi connectivity index (χ0v) is 9.35. The van der Waals surface area contributed by atoms with Gasteiger partial charge in [-0.1, -0.05) is 19.1 Å². The molecule has 0 saturated carbocycles. The molecule has 1 aromatic rings. The highest BCUT2D eigenvalue weighted by molar-refractivity contribution is 7.84. The van der Waals surface area contributed by atoms with Gasteiger partial charge in [-0.25, -0.2) is 0 Å². The molecule has 1 unspecified atom stereocenters. The van der Waals surface area contributed by atoms with E-state index in [1.807, 2.05) is 24.3 Å². The minimum Gasteiger partial charge on any atom is -0.399 e. The molecule has 3 heteroatoms. The number of hydrogen-bond acceptors (Lipinski definition) is 2. The molecule has 1 atom stereocenters. The summed E-state index contributed by atoms with van der Waals surface area (Å²) in [7, 11) is -0.657. The van der Waals surface area contributed by atoms with Crippen LogP contribution in [0.15, 0.2) is 24.3 Å². The Morgan fingerprint density at radius 3 is 2.43 bits per heavy atom. The van der Waals surface area contributed by atoms with E-state index in [4.69, 9.17) is 5.73 Å². The van der Waals surface area contributed by atoms with Crippen molar-refractivity contribution in [2.75, 3.05) is 17.2 Å². The topological polar surface area (TPSA) is 43.1 Å². The van der Waals surface area contributed by atoms with E-state index in [0.717, 1.165) is 30.0 Å². The van der Waals surface area contributed by atoms with Crippen LogP contribution in [0.1, 0.15) is 18.9 Å². The number of nitrogen functional groups attached to an aromatic ring is 1. The number of anilines is 1. The summed E-state index contributed by atoms with van der Waals surface area (Å²) in [4.78, 5) is 0. The van der Waals surface area contributed by atoms with Crippen LogP contribution in [0, 0.1) is 0 Å². The molecule has 2 nitrogen and oxygen atoms in total. The monoisotopic (exact) mass is 211 g/mol. The SMILES string of the molecule is CCCS(=O)CCc1ccc(N)cc1. The van der Waals surface area contributed by atoms with Crippen molar-refractivity contribution < 1.29 is 4.21 Å². The van der Waals surface area contributed by atoms with Crippen molar-refractivity contribution in [3.63, 3.8) is 0 Å². The van der Waals surface area contributed by atoms with E-state index in [9.17, 15) is 4.21 Å². The van der Waals surface area contributed by atoms with Crippen LogP contribution in [0.3, 0.4) is 0 Å². The van der Waals surface area contributed by atoms with Gasteiger partial charge in [0.1, 0.15) is 0 Å². The van der Waals surface area contributed by atoms with E-state index in [0.29, 0.717) is 0 Å². The van der Waals surface area contributed by atoms with E-state index in [2.05, 4.69) is 6.92 Å². The summed E-state index contributed by atoms with van der Waals surface area (Å²) in [5, 5.41) is 0. The third-order valence-corrected chi connectivity index (χ3v) is 3.55. The Morgan fingerprint density at radius 1 is 1.21 bits per heavy atom. The van der Waals surface area contributed by atoms with Crippen LogP contribution in [0.2, 0.25) is 0 Å². The Kier molecular flexibility index (Phi) is 4.66.